The van der Waals surface area contributed by atoms with Crippen molar-refractivity contribution in [2.24, 2.45) is 41.4 Å². The monoisotopic (exact) mass is 346 g/mol. The van der Waals surface area contributed by atoms with Crippen molar-refractivity contribution in [1.29, 1.82) is 0 Å². The van der Waals surface area contributed by atoms with Gasteiger partial charge in [0.05, 0.1) is 5.92 Å². The van der Waals surface area contributed by atoms with Crippen molar-refractivity contribution in [2.75, 3.05) is 13.4 Å². The van der Waals surface area contributed by atoms with Gasteiger partial charge in [-0.25, -0.2) is 0 Å². The third-order valence-corrected chi connectivity index (χ3v) is 6.87. The molecule has 0 N–H and O–H groups in total. The van der Waals surface area contributed by atoms with Crippen LogP contribution in [0.2, 0.25) is 0 Å². The van der Waals surface area contributed by atoms with E-state index in [9.17, 15) is 14.4 Å². The molecule has 25 heavy (non-hydrogen) atoms. The summed E-state index contributed by atoms with van der Waals surface area (Å²) in [6.07, 6.45) is 7.01. The van der Waals surface area contributed by atoms with Crippen molar-refractivity contribution in [1.82, 2.24) is 0 Å². The summed E-state index contributed by atoms with van der Waals surface area (Å²) in [6, 6.07) is 0. The Kier molecular flexibility index (Phi) is 3.61. The van der Waals surface area contributed by atoms with Gasteiger partial charge in [-0.2, -0.15) is 0 Å². The summed E-state index contributed by atoms with van der Waals surface area (Å²) in [6.45, 7) is 0.539. The Labute approximate surface area is 145 Å². The molecule has 134 valence electrons. The van der Waals surface area contributed by atoms with E-state index in [0.717, 1.165) is 19.3 Å². The zero-order chi connectivity index (χ0) is 17.1. The van der Waals surface area contributed by atoms with Gasteiger partial charge in [0.2, 0.25) is 0 Å². The zero-order valence-corrected chi connectivity index (χ0v) is 14.0. The molecule has 0 spiro atoms. The molecule has 0 radical (unpaired) electrons. The van der Waals surface area contributed by atoms with E-state index in [2.05, 4.69) is 0 Å². The van der Waals surface area contributed by atoms with Crippen molar-refractivity contribution in [3.8, 4) is 0 Å². The van der Waals surface area contributed by atoms with Gasteiger partial charge in [0.25, 0.3) is 0 Å². The Hall–Kier alpha value is -1.53. The number of esters is 1. The minimum Gasteiger partial charge on any atom is -0.438 e. The lowest BCUT2D eigenvalue weighted by Crippen LogP contribution is -2.36. The summed E-state index contributed by atoms with van der Waals surface area (Å²) in [5.74, 6) is -1.02. The second-order valence-electron chi connectivity index (χ2n) is 7.91. The van der Waals surface area contributed by atoms with Gasteiger partial charge in [0, 0.05) is 30.3 Å². The molecule has 3 saturated carbocycles. The molecule has 8 atom stereocenters. The molecule has 6 heteroatoms. The van der Waals surface area contributed by atoms with E-state index in [1.165, 1.54) is 0 Å². The molecule has 0 aromatic rings. The van der Waals surface area contributed by atoms with Gasteiger partial charge >= 0.3 is 5.97 Å². The molecule has 5 aliphatic rings. The smallest absolute Gasteiger partial charge is 0.311 e. The van der Waals surface area contributed by atoms with Crippen molar-refractivity contribution in [3.63, 3.8) is 0 Å². The molecule has 0 aromatic carbocycles. The lowest BCUT2D eigenvalue weighted by Gasteiger charge is -2.33. The Balaban J connectivity index is 1.22. The van der Waals surface area contributed by atoms with Crippen LogP contribution in [0, 0.1) is 41.4 Å². The molecule has 5 rings (SSSR count). The van der Waals surface area contributed by atoms with E-state index in [0.29, 0.717) is 13.0 Å². The molecule has 4 bridgehead atoms. The molecule has 6 nitrogen and oxygen atoms in total. The van der Waals surface area contributed by atoms with Crippen LogP contribution in [0.25, 0.3) is 0 Å². The highest BCUT2D eigenvalue weighted by atomic mass is 16.8. The van der Waals surface area contributed by atoms with Crippen LogP contribution in [0.5, 0.6) is 0 Å². The van der Waals surface area contributed by atoms with E-state index in [1.807, 2.05) is 12.2 Å². The topological polar surface area (TPSA) is 78.9 Å². The highest BCUT2D eigenvalue weighted by Crippen LogP contribution is 2.64. The molecular formula is C19H22O6. The first kappa shape index (κ1) is 15.7. The molecule has 4 fully saturated rings. The number of carbonyl (C=O) groups excluding carboxylic acids is 3. The van der Waals surface area contributed by atoms with Crippen LogP contribution in [-0.2, 0) is 28.6 Å². The fourth-order valence-electron chi connectivity index (χ4n) is 5.89. The standard InChI is InChI=1S/C19H22O6/c20-17-9-4-5-10(17)15-14(9)11-7-12(16(15)18(11)21)19(22)25-8-24-13-3-1-2-6-23-13/h4-5,9-16H,1-3,6-8H2. The lowest BCUT2D eigenvalue weighted by molar-refractivity contribution is -0.213. The van der Waals surface area contributed by atoms with E-state index < -0.39 is 5.92 Å². The first-order valence-corrected chi connectivity index (χ1v) is 9.32. The van der Waals surface area contributed by atoms with Crippen LogP contribution in [0.4, 0.5) is 0 Å². The van der Waals surface area contributed by atoms with Gasteiger partial charge in [-0.15, -0.1) is 0 Å². The van der Waals surface area contributed by atoms with Crippen LogP contribution in [-0.4, -0.2) is 37.2 Å². The minimum absolute atomic E-state index is 0.00824. The van der Waals surface area contributed by atoms with E-state index in [-0.39, 0.29) is 66.1 Å². The predicted molar refractivity (Wildman–Crippen MR) is 83.8 cm³/mol. The maximum absolute atomic E-state index is 12.6. The summed E-state index contributed by atoms with van der Waals surface area (Å²) in [5, 5.41) is 0. The normalized spacial score (nSPS) is 46.7. The molecule has 8 unspecified atom stereocenters. The fraction of sp³-hybridized carbons (Fsp3) is 0.737. The van der Waals surface area contributed by atoms with Gasteiger partial charge in [0.1, 0.15) is 11.6 Å². The average Bonchev–Trinajstić information content (AvgIpc) is 3.32. The van der Waals surface area contributed by atoms with E-state index >= 15 is 0 Å². The van der Waals surface area contributed by atoms with Gasteiger partial charge in [-0.1, -0.05) is 12.2 Å². The Morgan fingerprint density at radius 1 is 1.12 bits per heavy atom. The van der Waals surface area contributed by atoms with Crippen LogP contribution in [0.15, 0.2) is 12.2 Å². The third kappa shape index (κ3) is 2.20. The van der Waals surface area contributed by atoms with Gasteiger partial charge in [-0.3, -0.25) is 14.4 Å². The maximum atomic E-state index is 12.6. The second-order valence-corrected chi connectivity index (χ2v) is 7.91. The van der Waals surface area contributed by atoms with Crippen LogP contribution >= 0.6 is 0 Å². The lowest BCUT2D eigenvalue weighted by atomic mass is 9.69. The number of fused-ring (bicyclic) bond motifs is 9. The van der Waals surface area contributed by atoms with Crippen molar-refractivity contribution in [3.05, 3.63) is 12.2 Å². The summed E-state index contributed by atoms with van der Waals surface area (Å²) in [5.41, 5.74) is 0. The molecular weight excluding hydrogens is 324 g/mol. The van der Waals surface area contributed by atoms with E-state index in [1.54, 1.807) is 0 Å². The number of ether oxygens (including phenoxy) is 3. The van der Waals surface area contributed by atoms with Crippen LogP contribution in [0.1, 0.15) is 25.7 Å². The van der Waals surface area contributed by atoms with Crippen molar-refractivity contribution in [2.45, 2.75) is 32.0 Å². The Morgan fingerprint density at radius 3 is 2.68 bits per heavy atom. The van der Waals surface area contributed by atoms with E-state index in [4.69, 9.17) is 14.2 Å². The fourth-order valence-corrected chi connectivity index (χ4v) is 5.89. The summed E-state index contributed by atoms with van der Waals surface area (Å²) >= 11 is 0. The van der Waals surface area contributed by atoms with Crippen molar-refractivity contribution < 1.29 is 28.6 Å². The van der Waals surface area contributed by atoms with Crippen LogP contribution < -0.4 is 0 Å². The average molecular weight is 346 g/mol. The number of carbonyl (C=O) groups is 3. The predicted octanol–water partition coefficient (Wildman–Crippen LogP) is 1.48. The van der Waals surface area contributed by atoms with Gasteiger partial charge in [0.15, 0.2) is 13.1 Å². The highest BCUT2D eigenvalue weighted by Gasteiger charge is 2.69. The molecule has 0 aromatic heterocycles. The number of Topliss-reactive ketones (excluding diaryl/α,β-unsaturated/α-hetero) is 2. The van der Waals surface area contributed by atoms with Crippen LogP contribution in [0.3, 0.4) is 0 Å². The third-order valence-electron chi connectivity index (χ3n) is 6.87. The zero-order valence-electron chi connectivity index (χ0n) is 14.0. The quantitative estimate of drug-likeness (QED) is 0.332. The number of rotatable bonds is 4. The number of hydrogen-bond donors (Lipinski definition) is 0. The van der Waals surface area contributed by atoms with Gasteiger partial charge < -0.3 is 14.2 Å². The number of allylic oxidation sites excluding steroid dienone is 2. The number of hydrogen-bond acceptors (Lipinski definition) is 6. The summed E-state index contributed by atoms with van der Waals surface area (Å²) in [4.78, 5) is 37.5. The Bertz CT molecular complexity index is 648. The summed E-state index contributed by atoms with van der Waals surface area (Å²) in [7, 11) is 0. The summed E-state index contributed by atoms with van der Waals surface area (Å²) < 4.78 is 16.2. The Morgan fingerprint density at radius 2 is 1.92 bits per heavy atom. The minimum atomic E-state index is -0.421. The SMILES string of the molecule is O=C1C2C=CC1C1C3C(=O)C(CC3C(=O)OCOC3CCCCO3)C21. The second kappa shape index (κ2) is 5.74. The molecule has 0 amide bonds. The molecule has 1 saturated heterocycles. The van der Waals surface area contributed by atoms with Gasteiger partial charge in [-0.05, 0) is 37.5 Å². The highest BCUT2D eigenvalue weighted by molar-refractivity contribution is 6.01. The maximum Gasteiger partial charge on any atom is 0.311 e. The molecule has 1 aliphatic heterocycles. The first-order valence-electron chi connectivity index (χ1n) is 9.32. The molecule has 1 heterocycles. The largest absolute Gasteiger partial charge is 0.438 e. The number of ketones is 2. The first-order chi connectivity index (χ1) is 12.2. The van der Waals surface area contributed by atoms with Crippen molar-refractivity contribution >= 4 is 17.5 Å². The molecule has 4 aliphatic carbocycles.